The molecule has 0 radical (unpaired) electrons. The Hall–Kier alpha value is -4.21. The van der Waals surface area contributed by atoms with Crippen LogP contribution in [0, 0.1) is 6.92 Å². The van der Waals surface area contributed by atoms with Crippen LogP contribution >= 0.6 is 0 Å². The number of anilines is 1. The first-order valence-corrected chi connectivity index (χ1v) is 9.81. The highest BCUT2D eigenvalue weighted by Crippen LogP contribution is 2.37. The Kier molecular flexibility index (Phi) is 5.82. The molecule has 2 aromatic carbocycles. The number of carbonyl (C=O) groups is 2. The summed E-state index contributed by atoms with van der Waals surface area (Å²) in [7, 11) is 0. The highest BCUT2D eigenvalue weighted by Gasteiger charge is 2.34. The Balaban J connectivity index is 1.66. The predicted octanol–water partition coefficient (Wildman–Crippen LogP) is 4.59. The third-order valence-corrected chi connectivity index (χ3v) is 4.84. The molecule has 0 saturated carbocycles. The van der Waals surface area contributed by atoms with Crippen LogP contribution in [0.4, 0.5) is 18.9 Å². The molecule has 0 bridgehead atoms. The van der Waals surface area contributed by atoms with Crippen LogP contribution in [-0.4, -0.2) is 28.5 Å². The summed E-state index contributed by atoms with van der Waals surface area (Å²) >= 11 is 0. The van der Waals surface area contributed by atoms with Crippen molar-refractivity contribution in [1.29, 1.82) is 0 Å². The largest absolute Gasteiger partial charge is 0.417 e. The number of halogens is 3. The summed E-state index contributed by atoms with van der Waals surface area (Å²) in [4.78, 5) is 29.2. The molecule has 0 spiro atoms. The summed E-state index contributed by atoms with van der Waals surface area (Å²) in [5.41, 5.74) is -0.404. The van der Waals surface area contributed by atoms with Gasteiger partial charge in [-0.05, 0) is 31.2 Å². The van der Waals surface area contributed by atoms with Crippen LogP contribution < -0.4 is 10.6 Å². The van der Waals surface area contributed by atoms with E-state index in [1.807, 2.05) is 0 Å². The smallest absolute Gasteiger partial charge is 0.343 e. The second kappa shape index (κ2) is 8.73. The van der Waals surface area contributed by atoms with Crippen molar-refractivity contribution in [3.8, 4) is 11.3 Å². The molecular formula is C23H17F3N4O3. The van der Waals surface area contributed by atoms with E-state index >= 15 is 0 Å². The number of rotatable bonds is 5. The van der Waals surface area contributed by atoms with Crippen molar-refractivity contribution in [2.75, 3.05) is 11.9 Å². The molecule has 4 aromatic rings. The normalized spacial score (nSPS) is 11.4. The lowest BCUT2D eigenvalue weighted by atomic mass is 10.0. The van der Waals surface area contributed by atoms with E-state index in [4.69, 9.17) is 4.52 Å². The van der Waals surface area contributed by atoms with Crippen LogP contribution in [0.3, 0.4) is 0 Å². The van der Waals surface area contributed by atoms with Gasteiger partial charge in [0.15, 0.2) is 0 Å². The number of amides is 2. The zero-order chi connectivity index (χ0) is 23.6. The number of benzene rings is 2. The fraction of sp³-hybridized carbons (Fsp3) is 0.130. The first-order chi connectivity index (χ1) is 15.7. The van der Waals surface area contributed by atoms with E-state index in [9.17, 15) is 22.8 Å². The van der Waals surface area contributed by atoms with Gasteiger partial charge in [0.25, 0.3) is 11.6 Å². The van der Waals surface area contributed by atoms with E-state index in [1.165, 1.54) is 24.3 Å². The maximum absolute atomic E-state index is 13.5. The summed E-state index contributed by atoms with van der Waals surface area (Å²) < 4.78 is 45.7. The Morgan fingerprint density at radius 1 is 1.03 bits per heavy atom. The van der Waals surface area contributed by atoms with Gasteiger partial charge >= 0.3 is 6.18 Å². The van der Waals surface area contributed by atoms with E-state index in [-0.39, 0.29) is 34.5 Å². The number of hydrogen-bond acceptors (Lipinski definition) is 5. The summed E-state index contributed by atoms with van der Waals surface area (Å²) in [5, 5.41) is 9.14. The predicted molar refractivity (Wildman–Crippen MR) is 114 cm³/mol. The molecule has 0 unspecified atom stereocenters. The van der Waals surface area contributed by atoms with Gasteiger partial charge in [-0.3, -0.25) is 9.59 Å². The highest BCUT2D eigenvalue weighted by atomic mass is 19.4. The molecule has 0 aliphatic carbocycles. The van der Waals surface area contributed by atoms with Gasteiger partial charge < -0.3 is 15.2 Å². The van der Waals surface area contributed by atoms with Gasteiger partial charge in [0.2, 0.25) is 5.91 Å². The molecule has 0 aliphatic rings. The average molecular weight is 454 g/mol. The highest BCUT2D eigenvalue weighted by molar-refractivity contribution is 6.08. The van der Waals surface area contributed by atoms with Gasteiger partial charge in [0.05, 0.1) is 34.4 Å². The minimum absolute atomic E-state index is 0.00163. The van der Waals surface area contributed by atoms with E-state index in [2.05, 4.69) is 20.8 Å². The van der Waals surface area contributed by atoms with Crippen molar-refractivity contribution in [1.82, 2.24) is 15.5 Å². The SMILES string of the molecule is Cc1noc2nc(-c3ccccc3C(F)(F)F)cc(C(=O)NCC(=O)Nc3ccccc3)c12. The van der Waals surface area contributed by atoms with E-state index < -0.39 is 23.6 Å². The second-order valence-corrected chi connectivity index (χ2v) is 7.14. The van der Waals surface area contributed by atoms with Crippen molar-refractivity contribution >= 4 is 28.6 Å². The fourth-order valence-corrected chi connectivity index (χ4v) is 3.35. The van der Waals surface area contributed by atoms with Crippen molar-refractivity contribution in [2.45, 2.75) is 13.1 Å². The minimum Gasteiger partial charge on any atom is -0.343 e. The summed E-state index contributed by atoms with van der Waals surface area (Å²) in [6.45, 7) is 1.23. The second-order valence-electron chi connectivity index (χ2n) is 7.14. The van der Waals surface area contributed by atoms with Crippen molar-refractivity contribution in [3.63, 3.8) is 0 Å². The number of nitrogens with one attached hydrogen (secondary N) is 2. The summed E-state index contributed by atoms with van der Waals surface area (Å²) in [6.07, 6.45) is -4.62. The maximum atomic E-state index is 13.5. The Morgan fingerprint density at radius 3 is 2.45 bits per heavy atom. The fourth-order valence-electron chi connectivity index (χ4n) is 3.35. The number of aryl methyl sites for hydroxylation is 1. The molecule has 10 heteroatoms. The lowest BCUT2D eigenvalue weighted by Crippen LogP contribution is -2.33. The number of nitrogens with zero attached hydrogens (tertiary/aromatic N) is 2. The van der Waals surface area contributed by atoms with E-state index in [0.29, 0.717) is 11.4 Å². The molecule has 2 amide bonds. The quantitative estimate of drug-likeness (QED) is 0.460. The molecule has 0 atom stereocenters. The lowest BCUT2D eigenvalue weighted by molar-refractivity contribution is -0.137. The summed E-state index contributed by atoms with van der Waals surface area (Å²) in [6, 6.07) is 14.8. The van der Waals surface area contributed by atoms with Gasteiger partial charge in [-0.15, -0.1) is 0 Å². The molecule has 2 heterocycles. The topological polar surface area (TPSA) is 97.1 Å². The minimum atomic E-state index is -4.62. The number of pyridine rings is 1. The van der Waals surface area contributed by atoms with Crippen molar-refractivity contribution < 1.29 is 27.3 Å². The molecule has 2 N–H and O–H groups in total. The van der Waals surface area contributed by atoms with Gasteiger partial charge in [0.1, 0.15) is 0 Å². The van der Waals surface area contributed by atoms with Crippen LogP contribution in [0.15, 0.2) is 65.2 Å². The monoisotopic (exact) mass is 454 g/mol. The van der Waals surface area contributed by atoms with Gasteiger partial charge in [-0.2, -0.15) is 13.2 Å². The third-order valence-electron chi connectivity index (χ3n) is 4.84. The average Bonchev–Trinajstić information content (AvgIpc) is 3.17. The Bertz CT molecular complexity index is 1330. The summed E-state index contributed by atoms with van der Waals surface area (Å²) in [5.74, 6) is -1.15. The zero-order valence-electron chi connectivity index (χ0n) is 17.2. The molecular weight excluding hydrogens is 437 g/mol. The van der Waals surface area contributed by atoms with Gasteiger partial charge in [0, 0.05) is 11.3 Å². The maximum Gasteiger partial charge on any atom is 0.417 e. The van der Waals surface area contributed by atoms with Crippen molar-refractivity contribution in [3.05, 3.63) is 77.5 Å². The van der Waals surface area contributed by atoms with Crippen LogP contribution in [0.5, 0.6) is 0 Å². The lowest BCUT2D eigenvalue weighted by Gasteiger charge is -2.13. The molecule has 7 nitrogen and oxygen atoms in total. The first kappa shape index (κ1) is 22.0. The number of alkyl halides is 3. The number of aromatic nitrogens is 2. The van der Waals surface area contributed by atoms with Crippen molar-refractivity contribution in [2.24, 2.45) is 0 Å². The van der Waals surface area contributed by atoms with Gasteiger partial charge in [-0.1, -0.05) is 41.6 Å². The standard InChI is InChI=1S/C23H17F3N4O3/c1-13-20-16(21(32)27-12-19(31)28-14-7-3-2-4-8-14)11-18(29-22(20)33-30-13)15-9-5-6-10-17(15)23(24,25)26/h2-11H,12H2,1H3,(H,27,32)(H,28,31). The number of hydrogen-bond donors (Lipinski definition) is 2. The molecule has 168 valence electrons. The molecule has 33 heavy (non-hydrogen) atoms. The molecule has 0 fully saturated rings. The van der Waals surface area contributed by atoms with E-state index in [0.717, 1.165) is 6.07 Å². The zero-order valence-corrected chi connectivity index (χ0v) is 17.2. The van der Waals surface area contributed by atoms with Crippen LogP contribution in [0.2, 0.25) is 0 Å². The molecule has 0 saturated heterocycles. The molecule has 4 rings (SSSR count). The number of para-hydroxylation sites is 1. The van der Waals surface area contributed by atoms with E-state index in [1.54, 1.807) is 37.3 Å². The number of carbonyl (C=O) groups excluding carboxylic acids is 2. The Morgan fingerprint density at radius 2 is 1.73 bits per heavy atom. The van der Waals surface area contributed by atoms with Crippen LogP contribution in [-0.2, 0) is 11.0 Å². The molecule has 0 aliphatic heterocycles. The van der Waals surface area contributed by atoms with Crippen LogP contribution in [0.1, 0.15) is 21.6 Å². The third kappa shape index (κ3) is 4.69. The molecule has 2 aromatic heterocycles. The Labute approximate surface area is 185 Å². The number of fused-ring (bicyclic) bond motifs is 1. The van der Waals surface area contributed by atoms with Crippen LogP contribution in [0.25, 0.3) is 22.4 Å². The van der Waals surface area contributed by atoms with Gasteiger partial charge in [-0.25, -0.2) is 4.98 Å². The first-order valence-electron chi connectivity index (χ1n) is 9.81.